The molecule has 0 unspecified atom stereocenters. The van der Waals surface area contributed by atoms with Gasteiger partial charge in [0.1, 0.15) is 5.04 Å². The number of amides is 1. The van der Waals surface area contributed by atoms with Gasteiger partial charge in [0.25, 0.3) is 0 Å². The van der Waals surface area contributed by atoms with E-state index in [-0.39, 0.29) is 11.7 Å². The zero-order valence-corrected chi connectivity index (χ0v) is 21.1. The van der Waals surface area contributed by atoms with Gasteiger partial charge in [0.15, 0.2) is 5.66 Å². The maximum Gasteiger partial charge on any atom is 0.234 e. The normalized spacial score (nSPS) is 22.6. The Bertz CT molecular complexity index is 1110. The van der Waals surface area contributed by atoms with Crippen molar-refractivity contribution in [2.45, 2.75) is 38.3 Å². The molecule has 1 heterocycles. The zero-order chi connectivity index (χ0) is 22.9. The summed E-state index contributed by atoms with van der Waals surface area (Å²) in [4.78, 5) is 22.6. The third-order valence-electron chi connectivity index (χ3n) is 5.64. The number of carbonyl (C=O) groups is 1. The van der Waals surface area contributed by atoms with Crippen molar-refractivity contribution < 1.29 is 4.79 Å². The molecular weight excluding hydrogens is 508 g/mol. The van der Waals surface area contributed by atoms with Crippen LogP contribution in [-0.4, -0.2) is 28.1 Å². The van der Waals surface area contributed by atoms with Gasteiger partial charge in [-0.2, -0.15) is 0 Å². The minimum absolute atomic E-state index is 0.164. The van der Waals surface area contributed by atoms with Gasteiger partial charge in [0, 0.05) is 11.3 Å². The molecule has 1 fully saturated rings. The molecule has 1 saturated carbocycles. The maximum atomic E-state index is 12.6. The first kappa shape index (κ1) is 23.9. The number of benzene rings is 2. The highest BCUT2D eigenvalue weighted by molar-refractivity contribution is 8.16. The van der Waals surface area contributed by atoms with Crippen LogP contribution >= 0.6 is 58.2 Å². The Morgan fingerprint density at radius 1 is 1.00 bits per heavy atom. The van der Waals surface area contributed by atoms with E-state index in [0.29, 0.717) is 31.7 Å². The minimum Gasteiger partial charge on any atom is -0.325 e. The second-order valence-corrected chi connectivity index (χ2v) is 10.7. The lowest BCUT2D eigenvalue weighted by Crippen LogP contribution is -2.28. The van der Waals surface area contributed by atoms with E-state index in [1.807, 2.05) is 6.07 Å². The van der Waals surface area contributed by atoms with Crippen molar-refractivity contribution in [2.75, 3.05) is 11.1 Å². The van der Waals surface area contributed by atoms with Gasteiger partial charge in [0.05, 0.1) is 31.6 Å². The highest BCUT2D eigenvalue weighted by Gasteiger charge is 2.39. The minimum atomic E-state index is -0.448. The first-order valence-electron chi connectivity index (χ1n) is 10.3. The molecule has 32 heavy (non-hydrogen) atoms. The maximum absolute atomic E-state index is 12.6. The van der Waals surface area contributed by atoms with Gasteiger partial charge in [-0.25, -0.2) is 4.99 Å². The summed E-state index contributed by atoms with van der Waals surface area (Å²) in [6.45, 7) is 2.26. The van der Waals surface area contributed by atoms with Crippen molar-refractivity contribution >= 4 is 80.5 Å². The number of hydrogen-bond donors (Lipinski definition) is 1. The summed E-state index contributed by atoms with van der Waals surface area (Å²) in [5.74, 6) is 0.697. The third kappa shape index (κ3) is 5.45. The topological polar surface area (TPSA) is 53.8 Å². The van der Waals surface area contributed by atoms with E-state index in [2.05, 4.69) is 12.2 Å². The van der Waals surface area contributed by atoms with Gasteiger partial charge >= 0.3 is 0 Å². The van der Waals surface area contributed by atoms with Crippen LogP contribution in [0.3, 0.4) is 0 Å². The third-order valence-corrected chi connectivity index (χ3v) is 8.09. The summed E-state index contributed by atoms with van der Waals surface area (Å²) in [6, 6.07) is 10.4. The Labute approximate surface area is 211 Å². The van der Waals surface area contributed by atoms with Crippen molar-refractivity contribution in [3.05, 3.63) is 62.1 Å². The van der Waals surface area contributed by atoms with Crippen LogP contribution in [0.4, 0.5) is 5.69 Å². The number of nitrogens with one attached hydrogen (secondary N) is 1. The van der Waals surface area contributed by atoms with Gasteiger partial charge in [-0.05, 0) is 61.9 Å². The molecular formula is C23H21Cl4N3OS. The summed E-state index contributed by atoms with van der Waals surface area (Å²) >= 11 is 25.7. The molecule has 0 saturated heterocycles. The number of hydrogen-bond acceptors (Lipinski definition) is 4. The Kier molecular flexibility index (Phi) is 7.43. The van der Waals surface area contributed by atoms with Gasteiger partial charge in [-0.15, -0.1) is 0 Å². The molecule has 2 aliphatic rings. The molecule has 0 bridgehead atoms. The molecule has 9 heteroatoms. The predicted molar refractivity (Wildman–Crippen MR) is 138 cm³/mol. The Morgan fingerprint density at radius 2 is 1.66 bits per heavy atom. The Hall–Kier alpha value is -1.24. The largest absolute Gasteiger partial charge is 0.325 e. The lowest BCUT2D eigenvalue weighted by molar-refractivity contribution is -0.113. The molecule has 4 nitrogen and oxygen atoms in total. The fourth-order valence-corrected chi connectivity index (χ4v) is 5.28. The second kappa shape index (κ2) is 9.94. The molecule has 2 aromatic carbocycles. The zero-order valence-electron chi connectivity index (χ0n) is 17.3. The number of aliphatic imine (C=N–C) groups is 2. The van der Waals surface area contributed by atoms with Gasteiger partial charge in [-0.3, -0.25) is 9.79 Å². The molecule has 4 rings (SSSR count). The van der Waals surface area contributed by atoms with Crippen LogP contribution in [-0.2, 0) is 4.79 Å². The molecule has 168 valence electrons. The highest BCUT2D eigenvalue weighted by atomic mass is 35.5. The fraction of sp³-hybridized carbons (Fsp3) is 0.348. The summed E-state index contributed by atoms with van der Waals surface area (Å²) in [5.41, 5.74) is 1.77. The molecule has 0 atom stereocenters. The van der Waals surface area contributed by atoms with E-state index in [4.69, 9.17) is 56.4 Å². The number of anilines is 1. The average molecular weight is 529 g/mol. The van der Waals surface area contributed by atoms with Crippen LogP contribution in [0, 0.1) is 5.92 Å². The van der Waals surface area contributed by atoms with E-state index in [9.17, 15) is 4.79 Å². The van der Waals surface area contributed by atoms with Crippen LogP contribution in [0.5, 0.6) is 0 Å². The molecule has 2 aromatic rings. The molecule has 1 amide bonds. The Balaban J connectivity index is 1.52. The van der Waals surface area contributed by atoms with Crippen molar-refractivity contribution in [1.82, 2.24) is 0 Å². The highest BCUT2D eigenvalue weighted by Crippen LogP contribution is 2.41. The van der Waals surface area contributed by atoms with Crippen molar-refractivity contribution in [3.8, 4) is 0 Å². The van der Waals surface area contributed by atoms with Gasteiger partial charge in [0.2, 0.25) is 5.91 Å². The van der Waals surface area contributed by atoms with Crippen LogP contribution in [0.15, 0.2) is 46.4 Å². The van der Waals surface area contributed by atoms with Crippen LogP contribution in [0.25, 0.3) is 0 Å². The second-order valence-electron chi connectivity index (χ2n) is 8.14. The predicted octanol–water partition coefficient (Wildman–Crippen LogP) is 7.78. The lowest BCUT2D eigenvalue weighted by Gasteiger charge is -2.30. The first-order valence-corrected chi connectivity index (χ1v) is 12.8. The van der Waals surface area contributed by atoms with Crippen molar-refractivity contribution in [3.63, 3.8) is 0 Å². The number of thioether (sulfide) groups is 1. The van der Waals surface area contributed by atoms with Crippen LogP contribution < -0.4 is 5.32 Å². The number of nitrogens with zero attached hydrogens (tertiary/aromatic N) is 2. The number of rotatable bonds is 4. The summed E-state index contributed by atoms with van der Waals surface area (Å²) in [7, 11) is 0. The smallest absolute Gasteiger partial charge is 0.234 e. The van der Waals surface area contributed by atoms with Gasteiger partial charge in [-0.1, -0.05) is 71.2 Å². The van der Waals surface area contributed by atoms with Crippen molar-refractivity contribution in [1.29, 1.82) is 0 Å². The van der Waals surface area contributed by atoms with E-state index >= 15 is 0 Å². The molecule has 1 aliphatic heterocycles. The average Bonchev–Trinajstić information content (AvgIpc) is 3.12. The first-order chi connectivity index (χ1) is 15.2. The van der Waals surface area contributed by atoms with Crippen LogP contribution in [0.2, 0.25) is 20.1 Å². The lowest BCUT2D eigenvalue weighted by atomic mass is 9.83. The SMILES string of the molecule is CC1CCC2(CC1)N=C(SCC(=O)Nc1ccc(Cl)c(Cl)c1)C(c1ccc(Cl)c(Cl)c1)=N2. The van der Waals surface area contributed by atoms with E-state index < -0.39 is 5.66 Å². The number of carbonyl (C=O) groups excluding carboxylic acids is 1. The number of halogens is 4. The van der Waals surface area contributed by atoms with E-state index in [1.165, 1.54) is 11.8 Å². The Morgan fingerprint density at radius 3 is 2.31 bits per heavy atom. The molecule has 0 aromatic heterocycles. The van der Waals surface area contributed by atoms with Crippen LogP contribution in [0.1, 0.15) is 38.2 Å². The van der Waals surface area contributed by atoms with E-state index in [1.54, 1.807) is 30.3 Å². The quantitative estimate of drug-likeness (QED) is 0.440. The molecule has 1 spiro atoms. The van der Waals surface area contributed by atoms with Gasteiger partial charge < -0.3 is 5.32 Å². The summed E-state index contributed by atoms with van der Waals surface area (Å²) < 4.78 is 0. The van der Waals surface area contributed by atoms with Crippen molar-refractivity contribution in [2.24, 2.45) is 15.9 Å². The summed E-state index contributed by atoms with van der Waals surface area (Å²) in [6.07, 6.45) is 3.96. The van der Waals surface area contributed by atoms with E-state index in [0.717, 1.165) is 42.0 Å². The molecule has 0 radical (unpaired) electrons. The monoisotopic (exact) mass is 527 g/mol. The molecule has 1 aliphatic carbocycles. The fourth-order valence-electron chi connectivity index (χ4n) is 3.81. The standard InChI is InChI=1S/C23H21Cl4N3OS/c1-13-6-8-23(9-7-13)29-21(14-2-4-16(24)18(26)10-14)22(30-23)32-12-20(31)28-15-3-5-17(25)19(27)11-15/h2-5,10-11,13H,6-9,12H2,1H3,(H,28,31). The molecule has 1 N–H and O–H groups in total. The summed E-state index contributed by atoms with van der Waals surface area (Å²) in [5, 5.41) is 5.38.